The minimum atomic E-state index is -4.40. The van der Waals surface area contributed by atoms with Crippen LogP contribution in [-0.4, -0.2) is 20.9 Å². The lowest BCUT2D eigenvalue weighted by molar-refractivity contribution is -0.138. The number of aromatic nitrogens is 2. The van der Waals surface area contributed by atoms with Crippen molar-refractivity contribution in [2.45, 2.75) is 25.6 Å². The van der Waals surface area contributed by atoms with Crippen LogP contribution in [0.2, 0.25) is 0 Å². The molecule has 0 fully saturated rings. The molecule has 0 saturated carbocycles. The van der Waals surface area contributed by atoms with Gasteiger partial charge in [-0.05, 0) is 30.7 Å². The molecule has 0 unspecified atom stereocenters. The molecule has 1 aromatic carbocycles. The van der Waals surface area contributed by atoms with E-state index >= 15 is 0 Å². The number of carbonyl (C=O) groups is 1. The Morgan fingerprint density at radius 1 is 1.17 bits per heavy atom. The van der Waals surface area contributed by atoms with E-state index in [1.54, 1.807) is 6.07 Å². The highest BCUT2D eigenvalue weighted by molar-refractivity contribution is 5.66. The fourth-order valence-corrected chi connectivity index (χ4v) is 2.00. The van der Waals surface area contributed by atoms with Crippen molar-refractivity contribution in [1.29, 1.82) is 5.41 Å². The smallest absolute Gasteiger partial charge is 0.416 e. The van der Waals surface area contributed by atoms with Gasteiger partial charge in [-0.15, -0.1) is 0 Å². The second-order valence-corrected chi connectivity index (χ2v) is 4.90. The van der Waals surface area contributed by atoms with Crippen molar-refractivity contribution in [1.82, 2.24) is 9.78 Å². The fourth-order valence-electron chi connectivity index (χ4n) is 2.00. The zero-order valence-electron chi connectivity index (χ0n) is 12.0. The largest absolute Gasteiger partial charge is 0.481 e. The van der Waals surface area contributed by atoms with Crippen LogP contribution in [0.15, 0.2) is 36.4 Å². The van der Waals surface area contributed by atoms with Crippen LogP contribution in [0.1, 0.15) is 18.4 Å². The summed E-state index contributed by atoms with van der Waals surface area (Å²) in [5, 5.41) is 20.5. The number of aryl methyl sites for hydroxylation is 1. The number of benzene rings is 1. The SMILES string of the molecule is N=c1ccc(-c2ccc(C(F)(F)F)cc2)nn1CCCC(=O)O. The molecule has 1 aromatic heterocycles. The summed E-state index contributed by atoms with van der Waals surface area (Å²) < 4.78 is 39.0. The van der Waals surface area contributed by atoms with Crippen LogP contribution in [0.25, 0.3) is 11.3 Å². The van der Waals surface area contributed by atoms with Crippen molar-refractivity contribution < 1.29 is 23.1 Å². The predicted molar refractivity (Wildman–Crippen MR) is 75.4 cm³/mol. The van der Waals surface area contributed by atoms with Crippen molar-refractivity contribution in [2.75, 3.05) is 0 Å². The lowest BCUT2D eigenvalue weighted by atomic mass is 10.1. The maximum Gasteiger partial charge on any atom is 0.416 e. The van der Waals surface area contributed by atoms with Crippen LogP contribution in [0.4, 0.5) is 13.2 Å². The number of carboxylic acids is 1. The van der Waals surface area contributed by atoms with Crippen molar-refractivity contribution in [2.24, 2.45) is 0 Å². The van der Waals surface area contributed by atoms with Crippen LogP contribution >= 0.6 is 0 Å². The molecule has 0 aliphatic rings. The van der Waals surface area contributed by atoms with Gasteiger partial charge in [0, 0.05) is 18.5 Å². The molecule has 0 spiro atoms. The molecule has 0 radical (unpaired) electrons. The lowest BCUT2D eigenvalue weighted by Gasteiger charge is -2.09. The van der Waals surface area contributed by atoms with Crippen molar-refractivity contribution in [3.05, 3.63) is 47.4 Å². The highest BCUT2D eigenvalue weighted by Crippen LogP contribution is 2.30. The molecule has 8 heteroatoms. The summed E-state index contributed by atoms with van der Waals surface area (Å²) in [4.78, 5) is 10.5. The van der Waals surface area contributed by atoms with Gasteiger partial charge in [-0.1, -0.05) is 12.1 Å². The monoisotopic (exact) mass is 325 g/mol. The third-order valence-corrected chi connectivity index (χ3v) is 3.17. The summed E-state index contributed by atoms with van der Waals surface area (Å²) >= 11 is 0. The summed E-state index contributed by atoms with van der Waals surface area (Å²) in [5.41, 5.74) is 0.272. The molecule has 5 nitrogen and oxygen atoms in total. The molecular formula is C15H14F3N3O2. The van der Waals surface area contributed by atoms with E-state index in [4.69, 9.17) is 10.5 Å². The molecule has 0 bridgehead atoms. The number of aliphatic carboxylic acids is 1. The topological polar surface area (TPSA) is 79.0 Å². The number of hydrogen-bond acceptors (Lipinski definition) is 3. The van der Waals surface area contributed by atoms with Gasteiger partial charge in [0.05, 0.1) is 11.3 Å². The Hall–Kier alpha value is -2.64. The first-order valence-corrected chi connectivity index (χ1v) is 6.79. The van der Waals surface area contributed by atoms with Gasteiger partial charge < -0.3 is 5.11 Å². The van der Waals surface area contributed by atoms with Crippen LogP contribution in [0.3, 0.4) is 0 Å². The van der Waals surface area contributed by atoms with Gasteiger partial charge in [0.25, 0.3) is 0 Å². The number of nitrogens with one attached hydrogen (secondary N) is 1. The van der Waals surface area contributed by atoms with Gasteiger partial charge >= 0.3 is 12.1 Å². The minimum absolute atomic E-state index is 0.0430. The number of hydrogen-bond donors (Lipinski definition) is 2. The first-order valence-electron chi connectivity index (χ1n) is 6.79. The average Bonchev–Trinajstić information content (AvgIpc) is 2.48. The highest BCUT2D eigenvalue weighted by Gasteiger charge is 2.30. The van der Waals surface area contributed by atoms with Gasteiger partial charge in [-0.25, -0.2) is 4.68 Å². The first kappa shape index (κ1) is 16.7. The standard InChI is InChI=1S/C15H14F3N3O2/c16-15(17,18)11-5-3-10(4-6-11)12-7-8-13(19)21(20-12)9-1-2-14(22)23/h3-8,19H,1-2,9H2,(H,22,23). The third-order valence-electron chi connectivity index (χ3n) is 3.17. The predicted octanol–water partition coefficient (Wildman–Crippen LogP) is 2.91. The molecule has 0 aliphatic carbocycles. The second kappa shape index (κ2) is 6.64. The minimum Gasteiger partial charge on any atom is -0.481 e. The van der Waals surface area contributed by atoms with Crippen molar-refractivity contribution in [3.8, 4) is 11.3 Å². The molecule has 2 aromatic rings. The third kappa shape index (κ3) is 4.41. The Bertz CT molecular complexity index is 752. The van der Waals surface area contributed by atoms with Gasteiger partial charge in [0.2, 0.25) is 0 Å². The molecular weight excluding hydrogens is 311 g/mol. The molecule has 2 N–H and O–H groups in total. The van der Waals surface area contributed by atoms with E-state index in [2.05, 4.69) is 5.10 Å². The Balaban J connectivity index is 2.23. The van der Waals surface area contributed by atoms with E-state index in [9.17, 15) is 18.0 Å². The Kier molecular flexibility index (Phi) is 4.83. The normalized spacial score (nSPS) is 11.4. The van der Waals surface area contributed by atoms with E-state index in [-0.39, 0.29) is 18.5 Å². The van der Waals surface area contributed by atoms with Crippen molar-refractivity contribution in [3.63, 3.8) is 0 Å². The quantitative estimate of drug-likeness (QED) is 0.887. The zero-order chi connectivity index (χ0) is 17.0. The molecule has 23 heavy (non-hydrogen) atoms. The van der Waals surface area contributed by atoms with E-state index in [1.165, 1.54) is 22.9 Å². The maximum absolute atomic E-state index is 12.6. The first-order chi connectivity index (χ1) is 10.8. The average molecular weight is 325 g/mol. The molecule has 122 valence electrons. The van der Waals surface area contributed by atoms with Gasteiger partial charge in [-0.3, -0.25) is 10.2 Å². The summed E-state index contributed by atoms with van der Waals surface area (Å²) in [6.45, 7) is 0.250. The Morgan fingerprint density at radius 3 is 2.39 bits per heavy atom. The molecule has 0 saturated heterocycles. The summed E-state index contributed by atoms with van der Waals surface area (Å²) in [6, 6.07) is 7.59. The molecule has 0 aliphatic heterocycles. The summed E-state index contributed by atoms with van der Waals surface area (Å²) in [6.07, 6.45) is -4.12. The van der Waals surface area contributed by atoms with E-state index in [1.807, 2.05) is 0 Å². The number of nitrogens with zero attached hydrogens (tertiary/aromatic N) is 2. The van der Waals surface area contributed by atoms with E-state index in [0.29, 0.717) is 17.7 Å². The second-order valence-electron chi connectivity index (χ2n) is 4.90. The van der Waals surface area contributed by atoms with Crippen LogP contribution in [0, 0.1) is 5.41 Å². The molecule has 0 atom stereocenters. The van der Waals surface area contributed by atoms with Crippen LogP contribution in [0.5, 0.6) is 0 Å². The number of halogens is 3. The lowest BCUT2D eigenvalue weighted by Crippen LogP contribution is -2.23. The van der Waals surface area contributed by atoms with Crippen molar-refractivity contribution >= 4 is 5.97 Å². The Morgan fingerprint density at radius 2 is 1.83 bits per heavy atom. The number of alkyl halides is 3. The summed E-state index contributed by atoms with van der Waals surface area (Å²) in [5.74, 6) is -0.934. The molecule has 2 rings (SSSR count). The van der Waals surface area contributed by atoms with Gasteiger partial charge in [-0.2, -0.15) is 18.3 Å². The summed E-state index contributed by atoms with van der Waals surface area (Å²) in [7, 11) is 0. The van der Waals surface area contributed by atoms with Crippen LogP contribution in [-0.2, 0) is 17.5 Å². The number of rotatable bonds is 5. The highest BCUT2D eigenvalue weighted by atomic mass is 19.4. The van der Waals surface area contributed by atoms with Gasteiger partial charge in [0.1, 0.15) is 5.49 Å². The fraction of sp³-hybridized carbons (Fsp3) is 0.267. The molecule has 0 amide bonds. The number of carboxylic acid groups (broad SMARTS) is 1. The van der Waals surface area contributed by atoms with Crippen LogP contribution < -0.4 is 5.49 Å². The zero-order valence-corrected chi connectivity index (χ0v) is 12.0. The van der Waals surface area contributed by atoms with E-state index in [0.717, 1.165) is 12.1 Å². The van der Waals surface area contributed by atoms with E-state index < -0.39 is 17.7 Å². The maximum atomic E-state index is 12.6. The molecule has 1 heterocycles. The van der Waals surface area contributed by atoms with Gasteiger partial charge in [0.15, 0.2) is 0 Å². The Labute approximate surface area is 129 Å².